The highest BCUT2D eigenvalue weighted by Gasteiger charge is 2.25. The van der Waals surface area contributed by atoms with Crippen LogP contribution >= 0.6 is 0 Å². The minimum absolute atomic E-state index is 0.174. The Labute approximate surface area is 191 Å². The van der Waals surface area contributed by atoms with Crippen LogP contribution in [-0.2, 0) is 20.2 Å². The van der Waals surface area contributed by atoms with E-state index in [1.54, 1.807) is 0 Å². The standard InChI is InChI=1S/C18H14N4O10S2/c23-21(24)17-10-18(22(25)26)16(20-12-3-7-14(8-4-12)34(30,31)32)9-15(17)19-11-1-5-13(6-2-11)33(27,28)29/h1-10,19-20H,(H,27,28,29)(H,30,31,32). The minimum atomic E-state index is -4.46. The normalized spacial score (nSPS) is 11.6. The Kier molecular flexibility index (Phi) is 6.51. The van der Waals surface area contributed by atoms with Gasteiger partial charge in [0.2, 0.25) is 0 Å². The van der Waals surface area contributed by atoms with Crippen molar-refractivity contribution in [2.75, 3.05) is 10.6 Å². The quantitative estimate of drug-likeness (QED) is 0.194. The molecule has 0 fully saturated rings. The van der Waals surface area contributed by atoms with Crippen molar-refractivity contribution in [1.29, 1.82) is 0 Å². The average molecular weight is 510 g/mol. The van der Waals surface area contributed by atoms with Gasteiger partial charge in [-0.2, -0.15) is 16.8 Å². The van der Waals surface area contributed by atoms with Gasteiger partial charge in [0, 0.05) is 11.4 Å². The van der Waals surface area contributed by atoms with Crippen LogP contribution in [0.15, 0.2) is 70.5 Å². The van der Waals surface area contributed by atoms with E-state index in [2.05, 4.69) is 10.6 Å². The Morgan fingerprint density at radius 3 is 1.21 bits per heavy atom. The highest BCUT2D eigenvalue weighted by atomic mass is 32.2. The van der Waals surface area contributed by atoms with Gasteiger partial charge in [0.05, 0.1) is 25.7 Å². The molecular weight excluding hydrogens is 496 g/mol. The van der Waals surface area contributed by atoms with E-state index in [0.29, 0.717) is 6.07 Å². The van der Waals surface area contributed by atoms with Crippen LogP contribution in [0.4, 0.5) is 34.1 Å². The Balaban J connectivity index is 2.03. The van der Waals surface area contributed by atoms with E-state index in [-0.39, 0.29) is 22.7 Å². The van der Waals surface area contributed by atoms with Crippen LogP contribution in [0.3, 0.4) is 0 Å². The number of nitro benzene ring substituents is 2. The fourth-order valence-corrected chi connectivity index (χ4v) is 3.77. The van der Waals surface area contributed by atoms with E-state index >= 15 is 0 Å². The van der Waals surface area contributed by atoms with Gasteiger partial charge in [0.25, 0.3) is 31.6 Å². The van der Waals surface area contributed by atoms with E-state index in [4.69, 9.17) is 9.11 Å². The number of hydrogen-bond donors (Lipinski definition) is 4. The molecule has 4 N–H and O–H groups in total. The predicted octanol–water partition coefficient (Wildman–Crippen LogP) is 3.48. The summed E-state index contributed by atoms with van der Waals surface area (Å²) in [6.07, 6.45) is 0. The molecule has 0 aromatic heterocycles. The fourth-order valence-electron chi connectivity index (χ4n) is 2.81. The fraction of sp³-hybridized carbons (Fsp3) is 0. The molecular formula is C18H14N4O10S2. The summed E-state index contributed by atoms with van der Waals surface area (Å²) >= 11 is 0. The van der Waals surface area contributed by atoms with Crippen molar-refractivity contribution in [3.8, 4) is 0 Å². The first kappa shape index (κ1) is 24.5. The monoisotopic (exact) mass is 510 g/mol. The van der Waals surface area contributed by atoms with Crippen LogP contribution in [-0.4, -0.2) is 35.8 Å². The summed E-state index contributed by atoms with van der Waals surface area (Å²) in [5, 5.41) is 28.3. The lowest BCUT2D eigenvalue weighted by molar-refractivity contribution is -0.393. The smallest absolute Gasteiger partial charge is 0.299 e. The van der Waals surface area contributed by atoms with Crippen molar-refractivity contribution in [1.82, 2.24) is 0 Å². The molecule has 0 heterocycles. The average Bonchev–Trinajstić information content (AvgIpc) is 2.73. The van der Waals surface area contributed by atoms with Crippen molar-refractivity contribution in [2.45, 2.75) is 9.79 Å². The largest absolute Gasteiger partial charge is 0.350 e. The zero-order valence-corrected chi connectivity index (χ0v) is 18.3. The molecule has 0 unspecified atom stereocenters. The van der Waals surface area contributed by atoms with Gasteiger partial charge >= 0.3 is 0 Å². The van der Waals surface area contributed by atoms with Gasteiger partial charge in [-0.25, -0.2) is 0 Å². The van der Waals surface area contributed by atoms with Gasteiger partial charge in [-0.3, -0.25) is 29.3 Å². The van der Waals surface area contributed by atoms with Gasteiger partial charge in [0.1, 0.15) is 11.4 Å². The summed E-state index contributed by atoms with van der Waals surface area (Å²) in [7, 11) is -8.91. The van der Waals surface area contributed by atoms with Crippen molar-refractivity contribution in [3.63, 3.8) is 0 Å². The summed E-state index contributed by atoms with van der Waals surface area (Å²) in [4.78, 5) is 20.5. The maximum atomic E-state index is 11.5. The maximum absolute atomic E-state index is 11.5. The Morgan fingerprint density at radius 2 is 0.941 bits per heavy atom. The molecule has 0 amide bonds. The van der Waals surface area contributed by atoms with Crippen LogP contribution in [0.25, 0.3) is 0 Å². The van der Waals surface area contributed by atoms with Gasteiger partial charge in [-0.1, -0.05) is 0 Å². The third kappa shape index (κ3) is 5.62. The second-order valence-corrected chi connectivity index (χ2v) is 9.49. The van der Waals surface area contributed by atoms with Gasteiger partial charge in [-0.05, 0) is 54.6 Å². The molecule has 0 aliphatic rings. The van der Waals surface area contributed by atoms with Crippen molar-refractivity contribution < 1.29 is 35.8 Å². The van der Waals surface area contributed by atoms with E-state index in [0.717, 1.165) is 30.3 Å². The van der Waals surface area contributed by atoms with Gasteiger partial charge in [-0.15, -0.1) is 0 Å². The number of nitrogens with one attached hydrogen (secondary N) is 2. The lowest BCUT2D eigenvalue weighted by Gasteiger charge is -2.12. The number of nitro groups is 2. The summed E-state index contributed by atoms with van der Waals surface area (Å²) in [6.45, 7) is 0. The predicted molar refractivity (Wildman–Crippen MR) is 119 cm³/mol. The summed E-state index contributed by atoms with van der Waals surface area (Å²) in [5.41, 5.74) is -1.34. The molecule has 0 aliphatic heterocycles. The first-order chi connectivity index (χ1) is 15.8. The van der Waals surface area contributed by atoms with Gasteiger partial charge < -0.3 is 10.6 Å². The summed E-state index contributed by atoms with van der Waals surface area (Å²) in [5.74, 6) is 0. The Hall–Kier alpha value is -4.12. The van der Waals surface area contributed by atoms with Crippen molar-refractivity contribution in [3.05, 3.63) is 80.9 Å². The van der Waals surface area contributed by atoms with Crippen LogP contribution in [0.1, 0.15) is 0 Å². The number of nitrogens with zero attached hydrogens (tertiary/aromatic N) is 2. The summed E-state index contributed by atoms with van der Waals surface area (Å²) < 4.78 is 62.8. The zero-order valence-electron chi connectivity index (χ0n) is 16.6. The second kappa shape index (κ2) is 9.02. The lowest BCUT2D eigenvalue weighted by atomic mass is 10.1. The molecule has 0 spiro atoms. The Bertz CT molecular complexity index is 1380. The summed E-state index contributed by atoms with van der Waals surface area (Å²) in [6, 6.07) is 10.8. The molecule has 3 rings (SSSR count). The molecule has 0 saturated heterocycles. The molecule has 0 bridgehead atoms. The molecule has 3 aromatic carbocycles. The molecule has 34 heavy (non-hydrogen) atoms. The molecule has 178 valence electrons. The molecule has 16 heteroatoms. The van der Waals surface area contributed by atoms with Gasteiger partial charge in [0.15, 0.2) is 0 Å². The van der Waals surface area contributed by atoms with Crippen molar-refractivity contribution >= 4 is 54.4 Å². The number of hydrogen-bond acceptors (Lipinski definition) is 10. The van der Waals surface area contributed by atoms with E-state index in [1.807, 2.05) is 0 Å². The second-order valence-electron chi connectivity index (χ2n) is 6.65. The molecule has 0 saturated carbocycles. The van der Waals surface area contributed by atoms with Crippen LogP contribution in [0.2, 0.25) is 0 Å². The first-order valence-electron chi connectivity index (χ1n) is 8.92. The zero-order chi connectivity index (χ0) is 25.3. The first-order valence-corrected chi connectivity index (χ1v) is 11.8. The van der Waals surface area contributed by atoms with E-state index in [1.165, 1.54) is 24.3 Å². The van der Waals surface area contributed by atoms with E-state index < -0.39 is 51.2 Å². The number of benzene rings is 3. The number of anilines is 4. The molecule has 0 radical (unpaired) electrons. The SMILES string of the molecule is O=[N+]([O-])c1cc([N+](=O)[O-])c(Nc2ccc(S(=O)(=O)O)cc2)cc1Nc1ccc(S(=O)(=O)O)cc1. The molecule has 14 nitrogen and oxygen atoms in total. The molecule has 0 atom stereocenters. The topological polar surface area (TPSA) is 219 Å². The molecule has 0 aliphatic carbocycles. The number of rotatable bonds is 8. The maximum Gasteiger partial charge on any atom is 0.299 e. The highest BCUT2D eigenvalue weighted by molar-refractivity contribution is 7.86. The third-order valence-electron chi connectivity index (χ3n) is 4.37. The Morgan fingerprint density at radius 1 is 0.618 bits per heavy atom. The lowest BCUT2D eigenvalue weighted by Crippen LogP contribution is -2.03. The molecule has 3 aromatic rings. The van der Waals surface area contributed by atoms with E-state index in [9.17, 15) is 37.1 Å². The highest BCUT2D eigenvalue weighted by Crippen LogP contribution is 2.39. The van der Waals surface area contributed by atoms with Crippen LogP contribution < -0.4 is 10.6 Å². The van der Waals surface area contributed by atoms with Crippen LogP contribution in [0.5, 0.6) is 0 Å². The third-order valence-corrected chi connectivity index (χ3v) is 6.11. The minimum Gasteiger partial charge on any atom is -0.350 e. The van der Waals surface area contributed by atoms with Crippen LogP contribution in [0, 0.1) is 20.2 Å². The van der Waals surface area contributed by atoms with Crippen molar-refractivity contribution in [2.24, 2.45) is 0 Å².